The molecule has 140 valence electrons. The van der Waals surface area contributed by atoms with Gasteiger partial charge in [0.2, 0.25) is 0 Å². The largest absolute Gasteiger partial charge is 0.493 e. The minimum absolute atomic E-state index is 0.0345. The van der Waals surface area contributed by atoms with Gasteiger partial charge in [0.15, 0.2) is 15.8 Å². The number of hydrogen-bond donors (Lipinski definition) is 0. The molecule has 1 saturated heterocycles. The highest BCUT2D eigenvalue weighted by Gasteiger charge is 2.33. The maximum Gasteiger partial charge on any atom is 0.270 e. The van der Waals surface area contributed by atoms with E-state index in [9.17, 15) is 4.79 Å². The van der Waals surface area contributed by atoms with Crippen LogP contribution in [0.1, 0.15) is 25.8 Å². The van der Waals surface area contributed by atoms with Gasteiger partial charge in [0.1, 0.15) is 0 Å². The third-order valence-electron chi connectivity index (χ3n) is 4.22. The van der Waals surface area contributed by atoms with Gasteiger partial charge in [0, 0.05) is 5.56 Å². The zero-order valence-corrected chi connectivity index (χ0v) is 17.1. The van der Waals surface area contributed by atoms with Crippen molar-refractivity contribution in [2.24, 2.45) is 0 Å². The highest BCUT2D eigenvalue weighted by molar-refractivity contribution is 8.27. The Morgan fingerprint density at radius 2 is 1.93 bits per heavy atom. The Hall–Kier alpha value is -2.31. The standard InChI is InChI=1S/C21H21NO3S2/c1-4-14(2)25-19-15(9-8-12-17(19)24-3)13-18-20(23)22(21(26)27-18)16-10-6-5-7-11-16/h5-14H,4H2,1-3H3/b18-13+/t14-/m1/s1. The molecule has 6 heteroatoms. The van der Waals surface area contributed by atoms with Crippen molar-refractivity contribution in [3.8, 4) is 11.5 Å². The monoisotopic (exact) mass is 399 g/mol. The topological polar surface area (TPSA) is 38.8 Å². The number of carbonyl (C=O) groups excluding carboxylic acids is 1. The molecule has 0 unspecified atom stereocenters. The van der Waals surface area contributed by atoms with Crippen LogP contribution in [0.2, 0.25) is 0 Å². The summed E-state index contributed by atoms with van der Waals surface area (Å²) < 4.78 is 12.0. The minimum atomic E-state index is -0.131. The van der Waals surface area contributed by atoms with Gasteiger partial charge in [-0.25, -0.2) is 0 Å². The Kier molecular flexibility index (Phi) is 6.19. The average molecular weight is 400 g/mol. The molecular formula is C21H21NO3S2. The molecule has 0 bridgehead atoms. The zero-order chi connectivity index (χ0) is 19.4. The lowest BCUT2D eigenvalue weighted by Crippen LogP contribution is -2.27. The van der Waals surface area contributed by atoms with Crippen LogP contribution in [-0.4, -0.2) is 23.4 Å². The van der Waals surface area contributed by atoms with E-state index in [4.69, 9.17) is 21.7 Å². The number of benzene rings is 2. The molecule has 2 aromatic carbocycles. The molecule has 1 heterocycles. The summed E-state index contributed by atoms with van der Waals surface area (Å²) in [5.41, 5.74) is 1.56. The summed E-state index contributed by atoms with van der Waals surface area (Å²) in [7, 11) is 1.61. The predicted molar refractivity (Wildman–Crippen MR) is 115 cm³/mol. The van der Waals surface area contributed by atoms with Gasteiger partial charge >= 0.3 is 0 Å². The van der Waals surface area contributed by atoms with E-state index < -0.39 is 0 Å². The summed E-state index contributed by atoms with van der Waals surface area (Å²) in [6.45, 7) is 4.07. The molecule has 0 spiro atoms. The van der Waals surface area contributed by atoms with Crippen molar-refractivity contribution in [1.82, 2.24) is 0 Å². The molecule has 0 radical (unpaired) electrons. The van der Waals surface area contributed by atoms with Crippen LogP contribution >= 0.6 is 24.0 Å². The molecule has 4 nitrogen and oxygen atoms in total. The quantitative estimate of drug-likeness (QED) is 0.488. The van der Waals surface area contributed by atoms with Crippen molar-refractivity contribution in [1.29, 1.82) is 0 Å². The predicted octanol–water partition coefficient (Wildman–Crippen LogP) is 5.28. The lowest BCUT2D eigenvalue weighted by Gasteiger charge is -2.18. The van der Waals surface area contributed by atoms with Crippen LogP contribution in [0.4, 0.5) is 5.69 Å². The number of thiocarbonyl (C=S) groups is 1. The number of ether oxygens (including phenoxy) is 2. The molecule has 2 aromatic rings. The number of amides is 1. The van der Waals surface area contributed by atoms with Crippen LogP contribution < -0.4 is 14.4 Å². The second-order valence-electron chi connectivity index (χ2n) is 6.07. The van der Waals surface area contributed by atoms with Gasteiger partial charge in [-0.15, -0.1) is 0 Å². The Morgan fingerprint density at radius 3 is 2.59 bits per heavy atom. The number of thioether (sulfide) groups is 1. The first-order valence-corrected chi connectivity index (χ1v) is 9.94. The van der Waals surface area contributed by atoms with Crippen LogP contribution in [0.3, 0.4) is 0 Å². The van der Waals surface area contributed by atoms with Gasteiger partial charge in [-0.05, 0) is 37.6 Å². The molecule has 0 N–H and O–H groups in total. The van der Waals surface area contributed by atoms with Crippen LogP contribution in [0, 0.1) is 0 Å². The maximum absolute atomic E-state index is 12.9. The molecular weight excluding hydrogens is 378 g/mol. The van der Waals surface area contributed by atoms with Crippen molar-refractivity contribution in [2.75, 3.05) is 12.0 Å². The lowest BCUT2D eigenvalue weighted by molar-refractivity contribution is -0.113. The fraction of sp³-hybridized carbons (Fsp3) is 0.238. The van der Waals surface area contributed by atoms with E-state index in [1.807, 2.05) is 61.5 Å². The van der Waals surface area contributed by atoms with Crippen molar-refractivity contribution in [2.45, 2.75) is 26.4 Å². The number of rotatable bonds is 6. The van der Waals surface area contributed by atoms with E-state index >= 15 is 0 Å². The summed E-state index contributed by atoms with van der Waals surface area (Å²) in [6, 6.07) is 15.1. The number of carbonyl (C=O) groups is 1. The maximum atomic E-state index is 12.9. The number of anilines is 1. The molecule has 27 heavy (non-hydrogen) atoms. The second kappa shape index (κ2) is 8.59. The van der Waals surface area contributed by atoms with Crippen LogP contribution in [0.25, 0.3) is 6.08 Å². The molecule has 1 atom stereocenters. The highest BCUT2D eigenvalue weighted by atomic mass is 32.2. The van der Waals surface area contributed by atoms with Crippen LogP contribution in [0.5, 0.6) is 11.5 Å². The van der Waals surface area contributed by atoms with E-state index in [1.54, 1.807) is 12.0 Å². The van der Waals surface area contributed by atoms with Crippen LogP contribution in [-0.2, 0) is 4.79 Å². The van der Waals surface area contributed by atoms with Crippen molar-refractivity contribution in [3.63, 3.8) is 0 Å². The second-order valence-corrected chi connectivity index (χ2v) is 7.74. The molecule has 1 aliphatic rings. The van der Waals surface area contributed by atoms with Crippen LogP contribution in [0.15, 0.2) is 53.4 Å². The Morgan fingerprint density at radius 1 is 1.19 bits per heavy atom. The molecule has 3 rings (SSSR count). The number of para-hydroxylation sites is 2. The fourth-order valence-electron chi connectivity index (χ4n) is 2.63. The van der Waals surface area contributed by atoms with Gasteiger partial charge in [-0.1, -0.05) is 61.2 Å². The van der Waals surface area contributed by atoms with E-state index in [0.717, 1.165) is 17.7 Å². The van der Waals surface area contributed by atoms with Crippen molar-refractivity contribution >= 4 is 46.0 Å². The van der Waals surface area contributed by atoms with E-state index in [2.05, 4.69) is 6.92 Å². The molecule has 1 amide bonds. The molecule has 0 aromatic heterocycles. The minimum Gasteiger partial charge on any atom is -0.493 e. The molecule has 0 saturated carbocycles. The van der Waals surface area contributed by atoms with Gasteiger partial charge < -0.3 is 9.47 Å². The zero-order valence-electron chi connectivity index (χ0n) is 15.5. The van der Waals surface area contributed by atoms with E-state index in [-0.39, 0.29) is 12.0 Å². The van der Waals surface area contributed by atoms with Gasteiger partial charge in [0.25, 0.3) is 5.91 Å². The van der Waals surface area contributed by atoms with E-state index in [1.165, 1.54) is 11.8 Å². The molecule has 1 fully saturated rings. The summed E-state index contributed by atoms with van der Waals surface area (Å²) in [5.74, 6) is 1.15. The highest BCUT2D eigenvalue weighted by Crippen LogP contribution is 2.39. The van der Waals surface area contributed by atoms with Gasteiger partial charge in [0.05, 0.1) is 23.8 Å². The molecule has 0 aliphatic carbocycles. The molecule has 1 aliphatic heterocycles. The Balaban J connectivity index is 1.97. The summed E-state index contributed by atoms with van der Waals surface area (Å²) in [6.07, 6.45) is 2.73. The number of nitrogens with zero attached hydrogens (tertiary/aromatic N) is 1. The summed E-state index contributed by atoms with van der Waals surface area (Å²) >= 11 is 6.73. The van der Waals surface area contributed by atoms with E-state index in [0.29, 0.717) is 20.7 Å². The Bertz CT molecular complexity index is 880. The average Bonchev–Trinajstić information content (AvgIpc) is 2.96. The summed E-state index contributed by atoms with van der Waals surface area (Å²) in [4.78, 5) is 15.1. The first-order chi connectivity index (χ1) is 13.0. The first kappa shape index (κ1) is 19.5. The van der Waals surface area contributed by atoms with Gasteiger partial charge in [-0.2, -0.15) is 0 Å². The normalized spacial score (nSPS) is 16.7. The number of methoxy groups -OCH3 is 1. The fourth-order valence-corrected chi connectivity index (χ4v) is 3.92. The SMILES string of the molecule is CC[C@@H](C)Oc1c(/C=C2/SC(=S)N(c3ccccc3)C2=O)cccc1OC. The number of hydrogen-bond acceptors (Lipinski definition) is 5. The third kappa shape index (κ3) is 4.17. The lowest BCUT2D eigenvalue weighted by atomic mass is 10.1. The summed E-state index contributed by atoms with van der Waals surface area (Å²) in [5, 5.41) is 0. The third-order valence-corrected chi connectivity index (χ3v) is 5.52. The first-order valence-electron chi connectivity index (χ1n) is 8.71. The van der Waals surface area contributed by atoms with Crippen molar-refractivity contribution in [3.05, 3.63) is 59.0 Å². The van der Waals surface area contributed by atoms with Gasteiger partial charge in [-0.3, -0.25) is 9.69 Å². The smallest absolute Gasteiger partial charge is 0.270 e. The van der Waals surface area contributed by atoms with Crippen molar-refractivity contribution < 1.29 is 14.3 Å². The Labute approximate surface area is 169 Å².